The molecule has 0 saturated heterocycles. The number of rotatable bonds is 26. The maximum atomic E-state index is 11.2. The highest BCUT2D eigenvalue weighted by atomic mass is 16.5. The number of ether oxygens (including phenoxy) is 2. The van der Waals surface area contributed by atoms with Crippen LogP contribution in [0.15, 0.2) is 24.3 Å². The number of carbonyl (C=O) groups is 2. The summed E-state index contributed by atoms with van der Waals surface area (Å²) in [6, 6.07) is 0. The van der Waals surface area contributed by atoms with Gasteiger partial charge in [-0.25, -0.2) is 9.59 Å². The highest BCUT2D eigenvalue weighted by molar-refractivity contribution is 5.87. The van der Waals surface area contributed by atoms with E-state index in [2.05, 4.69) is 40.9 Å². The molecule has 0 N–H and O–H groups in total. The normalized spacial score (nSPS) is 12.2. The Morgan fingerprint density at radius 2 is 0.825 bits per heavy atom. The number of hydrogen-bond acceptors (Lipinski definition) is 4. The minimum Gasteiger partial charge on any atom is -0.462 e. The predicted molar refractivity (Wildman–Crippen MR) is 174 cm³/mol. The maximum absolute atomic E-state index is 11.2. The van der Waals surface area contributed by atoms with Crippen molar-refractivity contribution in [3.63, 3.8) is 0 Å². The van der Waals surface area contributed by atoms with Crippen LogP contribution in [-0.2, 0) is 19.1 Å². The van der Waals surface area contributed by atoms with E-state index >= 15 is 0 Å². The van der Waals surface area contributed by atoms with Crippen LogP contribution in [0.2, 0.25) is 0 Å². The summed E-state index contributed by atoms with van der Waals surface area (Å²) in [5.41, 5.74) is 0.974. The van der Waals surface area contributed by atoms with Crippen molar-refractivity contribution >= 4 is 11.9 Å². The molecular formula is C36H68O4. The SMILES string of the molecule is C=C(C)C(=O)OCCC(C)CCCCCCCCCC.C=C(C)C(=O)OCCCCCC(C)CCCCCCC. The molecule has 0 aliphatic heterocycles. The molecule has 4 nitrogen and oxygen atoms in total. The number of unbranched alkanes of at least 4 members (excludes halogenated alkanes) is 13. The minimum atomic E-state index is -0.260. The summed E-state index contributed by atoms with van der Waals surface area (Å²) in [6.07, 6.45) is 26.1. The van der Waals surface area contributed by atoms with Gasteiger partial charge in [0.2, 0.25) is 0 Å². The molecule has 0 heterocycles. The molecule has 0 aliphatic carbocycles. The first-order valence-corrected chi connectivity index (χ1v) is 16.8. The number of carbonyl (C=O) groups excluding carboxylic acids is 2. The summed E-state index contributed by atoms with van der Waals surface area (Å²) in [7, 11) is 0. The molecule has 236 valence electrons. The van der Waals surface area contributed by atoms with Crippen LogP contribution in [-0.4, -0.2) is 25.2 Å². The molecule has 0 rings (SSSR count). The molecule has 0 radical (unpaired) electrons. The zero-order chi connectivity index (χ0) is 30.4. The molecule has 0 aromatic rings. The van der Waals surface area contributed by atoms with Crippen LogP contribution in [0.25, 0.3) is 0 Å². The quantitative estimate of drug-likeness (QED) is 0.0595. The van der Waals surface area contributed by atoms with Gasteiger partial charge in [0.15, 0.2) is 0 Å². The first-order valence-electron chi connectivity index (χ1n) is 16.8. The second-order valence-electron chi connectivity index (χ2n) is 12.1. The molecule has 0 saturated carbocycles. The predicted octanol–water partition coefficient (Wildman–Crippen LogP) is 11.3. The number of esters is 2. The second-order valence-corrected chi connectivity index (χ2v) is 12.1. The van der Waals surface area contributed by atoms with Crippen molar-refractivity contribution < 1.29 is 19.1 Å². The summed E-state index contributed by atoms with van der Waals surface area (Å²) in [6.45, 7) is 20.7. The topological polar surface area (TPSA) is 52.6 Å². The average Bonchev–Trinajstić information content (AvgIpc) is 2.92. The van der Waals surface area contributed by atoms with Gasteiger partial charge in [0.1, 0.15) is 0 Å². The van der Waals surface area contributed by atoms with Crippen LogP contribution in [0.1, 0.15) is 170 Å². The molecular weight excluding hydrogens is 496 g/mol. The van der Waals surface area contributed by atoms with Crippen molar-refractivity contribution in [2.75, 3.05) is 13.2 Å². The van der Waals surface area contributed by atoms with Gasteiger partial charge in [-0.1, -0.05) is 156 Å². The lowest BCUT2D eigenvalue weighted by Crippen LogP contribution is -2.09. The summed E-state index contributed by atoms with van der Waals surface area (Å²) in [4.78, 5) is 22.4. The minimum absolute atomic E-state index is 0.259. The smallest absolute Gasteiger partial charge is 0.333 e. The third-order valence-corrected chi connectivity index (χ3v) is 7.47. The zero-order valence-corrected chi connectivity index (χ0v) is 27.8. The summed E-state index contributed by atoms with van der Waals surface area (Å²) in [5, 5.41) is 0. The molecule has 40 heavy (non-hydrogen) atoms. The summed E-state index contributed by atoms with van der Waals surface area (Å²) >= 11 is 0. The monoisotopic (exact) mass is 565 g/mol. The van der Waals surface area contributed by atoms with Crippen molar-refractivity contribution in [3.8, 4) is 0 Å². The Bertz CT molecular complexity index is 624. The first-order chi connectivity index (χ1) is 19.1. The third-order valence-electron chi connectivity index (χ3n) is 7.47. The lowest BCUT2D eigenvalue weighted by molar-refractivity contribution is -0.140. The van der Waals surface area contributed by atoms with Crippen molar-refractivity contribution in [1.29, 1.82) is 0 Å². The zero-order valence-electron chi connectivity index (χ0n) is 27.8. The summed E-state index contributed by atoms with van der Waals surface area (Å²) < 4.78 is 10.2. The van der Waals surface area contributed by atoms with Gasteiger partial charge in [-0.2, -0.15) is 0 Å². The van der Waals surface area contributed by atoms with E-state index in [-0.39, 0.29) is 11.9 Å². The highest BCUT2D eigenvalue weighted by Gasteiger charge is 2.07. The Morgan fingerprint density at radius 1 is 0.500 bits per heavy atom. The third kappa shape index (κ3) is 31.0. The fourth-order valence-electron chi connectivity index (χ4n) is 4.55. The van der Waals surface area contributed by atoms with Crippen molar-refractivity contribution in [2.24, 2.45) is 11.8 Å². The molecule has 2 unspecified atom stereocenters. The standard InChI is InChI=1S/2C18H34O2/c1-5-6-7-8-10-13-17(4)14-11-9-12-15-20-18(19)16(2)3;1-5-6-7-8-9-10-11-12-13-17(4)14-15-20-18(19)16(2)3/h2*17H,2,5-15H2,1,3-4H3. The van der Waals surface area contributed by atoms with E-state index in [1.54, 1.807) is 13.8 Å². The van der Waals surface area contributed by atoms with E-state index in [4.69, 9.17) is 9.47 Å². The van der Waals surface area contributed by atoms with Crippen LogP contribution < -0.4 is 0 Å². The van der Waals surface area contributed by atoms with Crippen LogP contribution in [0.4, 0.5) is 0 Å². The average molecular weight is 565 g/mol. The highest BCUT2D eigenvalue weighted by Crippen LogP contribution is 2.18. The van der Waals surface area contributed by atoms with Gasteiger partial charge in [0.05, 0.1) is 13.2 Å². The lowest BCUT2D eigenvalue weighted by Gasteiger charge is -2.11. The Morgan fingerprint density at radius 3 is 1.23 bits per heavy atom. The number of hydrogen-bond donors (Lipinski definition) is 0. The van der Waals surface area contributed by atoms with Crippen LogP contribution in [0, 0.1) is 11.8 Å². The molecule has 0 fully saturated rings. The van der Waals surface area contributed by atoms with Gasteiger partial charge in [-0.15, -0.1) is 0 Å². The van der Waals surface area contributed by atoms with Crippen molar-refractivity contribution in [2.45, 2.75) is 170 Å². The van der Waals surface area contributed by atoms with Gasteiger partial charge < -0.3 is 9.47 Å². The molecule has 2 atom stereocenters. The molecule has 0 aromatic heterocycles. The Balaban J connectivity index is 0. The van der Waals surface area contributed by atoms with E-state index in [1.807, 2.05) is 0 Å². The second kappa shape index (κ2) is 30.4. The van der Waals surface area contributed by atoms with Crippen LogP contribution in [0.3, 0.4) is 0 Å². The summed E-state index contributed by atoms with van der Waals surface area (Å²) in [5.74, 6) is 0.970. The Labute approximate surface area is 250 Å². The fraction of sp³-hybridized carbons (Fsp3) is 0.833. The van der Waals surface area contributed by atoms with Crippen molar-refractivity contribution in [1.82, 2.24) is 0 Å². The Hall–Kier alpha value is -1.58. The van der Waals surface area contributed by atoms with Crippen LogP contribution >= 0.6 is 0 Å². The van der Waals surface area contributed by atoms with Gasteiger partial charge in [0, 0.05) is 11.1 Å². The molecule has 0 bridgehead atoms. The Kier molecular flexibility index (Phi) is 30.8. The largest absolute Gasteiger partial charge is 0.462 e. The van der Waals surface area contributed by atoms with E-state index < -0.39 is 0 Å². The molecule has 0 aliphatic rings. The van der Waals surface area contributed by atoms with E-state index in [1.165, 1.54) is 109 Å². The van der Waals surface area contributed by atoms with Gasteiger partial charge in [-0.05, 0) is 38.5 Å². The fourth-order valence-corrected chi connectivity index (χ4v) is 4.55. The van der Waals surface area contributed by atoms with E-state index in [0.717, 1.165) is 25.2 Å². The van der Waals surface area contributed by atoms with Crippen molar-refractivity contribution in [3.05, 3.63) is 24.3 Å². The van der Waals surface area contributed by atoms with E-state index in [9.17, 15) is 9.59 Å². The van der Waals surface area contributed by atoms with E-state index in [0.29, 0.717) is 30.3 Å². The molecule has 0 aromatic carbocycles. The molecule has 4 heteroatoms. The first kappa shape index (κ1) is 40.6. The van der Waals surface area contributed by atoms with Gasteiger partial charge in [0.25, 0.3) is 0 Å². The maximum Gasteiger partial charge on any atom is 0.333 e. The van der Waals surface area contributed by atoms with Crippen LogP contribution in [0.5, 0.6) is 0 Å². The lowest BCUT2D eigenvalue weighted by atomic mass is 9.96. The molecule has 0 amide bonds. The van der Waals surface area contributed by atoms with Gasteiger partial charge in [-0.3, -0.25) is 0 Å². The molecule has 0 spiro atoms. The van der Waals surface area contributed by atoms with Gasteiger partial charge >= 0.3 is 11.9 Å².